The maximum atomic E-state index is 2.58. The third-order valence-electron chi connectivity index (χ3n) is 3.64. The Labute approximate surface area is 90.9 Å². The fraction of sp³-hybridized carbons (Fsp3) is 1.00. The lowest BCUT2D eigenvalue weighted by atomic mass is 9.77. The molecule has 0 amide bonds. The minimum Gasteiger partial charge on any atom is -0.298 e. The Morgan fingerprint density at radius 2 is 1.43 bits per heavy atom. The van der Waals surface area contributed by atoms with Crippen LogP contribution in [0.4, 0.5) is 0 Å². The molecule has 0 saturated carbocycles. The molecule has 0 radical (unpaired) electrons. The van der Waals surface area contributed by atoms with Gasteiger partial charge in [-0.2, -0.15) is 0 Å². The minimum absolute atomic E-state index is 0.404. The molecule has 0 fully saturated rings. The molecule has 2 atom stereocenters. The fourth-order valence-corrected chi connectivity index (χ4v) is 2.13. The van der Waals surface area contributed by atoms with Gasteiger partial charge in [-0.25, -0.2) is 0 Å². The molecule has 1 nitrogen and oxygen atoms in total. The van der Waals surface area contributed by atoms with E-state index in [9.17, 15) is 0 Å². The lowest BCUT2D eigenvalue weighted by molar-refractivity contribution is 0.0780. The average molecular weight is 199 g/mol. The SMILES string of the molecule is CCN(C(C)C)C(C)C(C)C(C)(C)C. The van der Waals surface area contributed by atoms with Crippen LogP contribution in [0.3, 0.4) is 0 Å². The van der Waals surface area contributed by atoms with E-state index < -0.39 is 0 Å². The van der Waals surface area contributed by atoms with Crippen molar-refractivity contribution in [3.63, 3.8) is 0 Å². The first-order valence-electron chi connectivity index (χ1n) is 5.97. The standard InChI is InChI=1S/C13H29N/c1-9-14(10(2)3)12(5)11(4)13(6,7)8/h10-12H,9H2,1-8H3. The van der Waals surface area contributed by atoms with Crippen LogP contribution in [0.2, 0.25) is 0 Å². The Morgan fingerprint density at radius 1 is 1.00 bits per heavy atom. The summed E-state index contributed by atoms with van der Waals surface area (Å²) in [6.07, 6.45) is 0. The van der Waals surface area contributed by atoms with Crippen LogP contribution >= 0.6 is 0 Å². The van der Waals surface area contributed by atoms with Gasteiger partial charge in [0.15, 0.2) is 0 Å². The van der Waals surface area contributed by atoms with Crippen LogP contribution in [0.5, 0.6) is 0 Å². The van der Waals surface area contributed by atoms with Crippen LogP contribution in [0.25, 0.3) is 0 Å². The molecule has 0 N–H and O–H groups in total. The van der Waals surface area contributed by atoms with E-state index in [1.807, 2.05) is 0 Å². The van der Waals surface area contributed by atoms with Gasteiger partial charge in [0.05, 0.1) is 0 Å². The first kappa shape index (κ1) is 14.0. The highest BCUT2D eigenvalue weighted by atomic mass is 15.2. The number of nitrogens with zero attached hydrogens (tertiary/aromatic N) is 1. The predicted octanol–water partition coefficient (Wildman–Crippen LogP) is 3.79. The highest BCUT2D eigenvalue weighted by Gasteiger charge is 2.29. The van der Waals surface area contributed by atoms with Crippen LogP contribution in [0.1, 0.15) is 55.4 Å². The first-order valence-corrected chi connectivity index (χ1v) is 5.97. The van der Waals surface area contributed by atoms with Gasteiger partial charge in [0.2, 0.25) is 0 Å². The largest absolute Gasteiger partial charge is 0.298 e. The third-order valence-corrected chi connectivity index (χ3v) is 3.64. The van der Waals surface area contributed by atoms with E-state index in [0.717, 1.165) is 12.5 Å². The van der Waals surface area contributed by atoms with Crippen molar-refractivity contribution in [2.75, 3.05) is 6.54 Å². The van der Waals surface area contributed by atoms with Crippen molar-refractivity contribution in [3.8, 4) is 0 Å². The van der Waals surface area contributed by atoms with Gasteiger partial charge in [-0.3, -0.25) is 4.90 Å². The Morgan fingerprint density at radius 3 is 1.64 bits per heavy atom. The Hall–Kier alpha value is -0.0400. The summed E-state index contributed by atoms with van der Waals surface area (Å²) in [5, 5.41) is 0. The van der Waals surface area contributed by atoms with E-state index in [1.54, 1.807) is 0 Å². The lowest BCUT2D eigenvalue weighted by Crippen LogP contribution is -2.45. The highest BCUT2D eigenvalue weighted by molar-refractivity contribution is 4.82. The minimum atomic E-state index is 0.404. The van der Waals surface area contributed by atoms with Gasteiger partial charge in [0.25, 0.3) is 0 Å². The van der Waals surface area contributed by atoms with Crippen LogP contribution in [-0.4, -0.2) is 23.5 Å². The van der Waals surface area contributed by atoms with E-state index >= 15 is 0 Å². The summed E-state index contributed by atoms with van der Waals surface area (Å²) in [4.78, 5) is 2.58. The van der Waals surface area contributed by atoms with Crippen molar-refractivity contribution in [2.45, 2.75) is 67.5 Å². The molecule has 2 unspecified atom stereocenters. The molecule has 14 heavy (non-hydrogen) atoms. The van der Waals surface area contributed by atoms with Crippen molar-refractivity contribution < 1.29 is 0 Å². The van der Waals surface area contributed by atoms with E-state index in [2.05, 4.69) is 60.3 Å². The fourth-order valence-electron chi connectivity index (χ4n) is 2.13. The smallest absolute Gasteiger partial charge is 0.0100 e. The molecule has 86 valence electrons. The zero-order valence-corrected chi connectivity index (χ0v) is 11.4. The topological polar surface area (TPSA) is 3.24 Å². The van der Waals surface area contributed by atoms with Crippen LogP contribution in [0.15, 0.2) is 0 Å². The molecule has 0 spiro atoms. The Bertz CT molecular complexity index is 153. The van der Waals surface area contributed by atoms with Gasteiger partial charge in [0, 0.05) is 12.1 Å². The molecule has 0 aromatic carbocycles. The summed E-state index contributed by atoms with van der Waals surface area (Å²) in [6, 6.07) is 1.32. The molecular weight excluding hydrogens is 170 g/mol. The van der Waals surface area contributed by atoms with Crippen molar-refractivity contribution in [1.29, 1.82) is 0 Å². The number of hydrogen-bond acceptors (Lipinski definition) is 1. The van der Waals surface area contributed by atoms with Crippen molar-refractivity contribution >= 4 is 0 Å². The van der Waals surface area contributed by atoms with Crippen LogP contribution < -0.4 is 0 Å². The molecule has 0 aliphatic heterocycles. The molecule has 0 rings (SSSR count). The summed E-state index contributed by atoms with van der Waals surface area (Å²) in [7, 11) is 0. The van der Waals surface area contributed by atoms with Crippen LogP contribution in [-0.2, 0) is 0 Å². The van der Waals surface area contributed by atoms with Gasteiger partial charge in [-0.1, -0.05) is 34.6 Å². The summed E-state index contributed by atoms with van der Waals surface area (Å²) in [5.74, 6) is 0.727. The highest BCUT2D eigenvalue weighted by Crippen LogP contribution is 2.31. The van der Waals surface area contributed by atoms with Crippen LogP contribution in [0, 0.1) is 11.3 Å². The summed E-state index contributed by atoms with van der Waals surface area (Å²) in [6.45, 7) is 19.7. The summed E-state index contributed by atoms with van der Waals surface area (Å²) in [5.41, 5.74) is 0.404. The van der Waals surface area contributed by atoms with Crippen molar-refractivity contribution in [2.24, 2.45) is 11.3 Å². The molecule has 0 aliphatic carbocycles. The molecule has 1 heteroatoms. The third kappa shape index (κ3) is 3.61. The lowest BCUT2D eigenvalue weighted by Gasteiger charge is -2.41. The van der Waals surface area contributed by atoms with E-state index in [1.165, 1.54) is 0 Å². The quantitative estimate of drug-likeness (QED) is 0.666. The summed E-state index contributed by atoms with van der Waals surface area (Å²) >= 11 is 0. The Kier molecular flexibility index (Phi) is 5.14. The molecule has 0 heterocycles. The van der Waals surface area contributed by atoms with Gasteiger partial charge < -0.3 is 0 Å². The van der Waals surface area contributed by atoms with E-state index in [-0.39, 0.29) is 0 Å². The van der Waals surface area contributed by atoms with E-state index in [4.69, 9.17) is 0 Å². The second-order valence-corrected chi connectivity index (χ2v) is 5.82. The van der Waals surface area contributed by atoms with Gasteiger partial charge in [0.1, 0.15) is 0 Å². The number of hydrogen-bond donors (Lipinski definition) is 0. The van der Waals surface area contributed by atoms with E-state index in [0.29, 0.717) is 17.5 Å². The number of rotatable bonds is 4. The van der Waals surface area contributed by atoms with Gasteiger partial charge in [-0.05, 0) is 38.6 Å². The van der Waals surface area contributed by atoms with Crippen molar-refractivity contribution in [3.05, 3.63) is 0 Å². The summed E-state index contributed by atoms with van der Waals surface area (Å²) < 4.78 is 0. The second kappa shape index (κ2) is 5.16. The molecule has 0 aromatic heterocycles. The maximum absolute atomic E-state index is 2.58. The molecule has 0 aromatic rings. The average Bonchev–Trinajstić information content (AvgIpc) is 2.01. The molecular formula is C13H29N. The second-order valence-electron chi connectivity index (χ2n) is 5.82. The zero-order valence-electron chi connectivity index (χ0n) is 11.4. The monoisotopic (exact) mass is 199 g/mol. The molecule has 0 aliphatic rings. The predicted molar refractivity (Wildman–Crippen MR) is 65.6 cm³/mol. The first-order chi connectivity index (χ1) is 6.21. The normalized spacial score (nSPS) is 17.6. The van der Waals surface area contributed by atoms with Gasteiger partial charge >= 0.3 is 0 Å². The van der Waals surface area contributed by atoms with Crippen molar-refractivity contribution in [1.82, 2.24) is 4.90 Å². The maximum Gasteiger partial charge on any atom is 0.0100 e. The zero-order chi connectivity index (χ0) is 11.5. The Balaban J connectivity index is 4.50. The molecule has 0 bridgehead atoms. The molecule has 0 saturated heterocycles. The van der Waals surface area contributed by atoms with Gasteiger partial charge in [-0.15, -0.1) is 0 Å².